The molecule has 16 heavy (non-hydrogen) atoms. The van der Waals surface area contributed by atoms with Crippen molar-refractivity contribution in [3.05, 3.63) is 24.3 Å². The van der Waals surface area contributed by atoms with Crippen LogP contribution in [0.15, 0.2) is 18.7 Å². The van der Waals surface area contributed by atoms with Crippen LogP contribution >= 0.6 is 11.6 Å². The smallest absolute Gasteiger partial charge is 0.257 e. The first kappa shape index (κ1) is 12.9. The highest BCUT2D eigenvalue weighted by molar-refractivity contribution is 6.18. The summed E-state index contributed by atoms with van der Waals surface area (Å²) in [7, 11) is 1.59. The Morgan fingerprint density at radius 2 is 2.12 bits per heavy atom. The number of hydrogen-bond donors (Lipinski definition) is 0. The number of amides is 1. The number of hydrogen-bond acceptors (Lipinski definition) is 4. The van der Waals surface area contributed by atoms with Gasteiger partial charge in [-0.3, -0.25) is 4.79 Å². The molecule has 0 saturated carbocycles. The molecule has 0 aliphatic rings. The van der Waals surface area contributed by atoms with Crippen LogP contribution in [-0.4, -0.2) is 53.5 Å². The number of carbonyl (C=O) groups is 1. The molecule has 0 saturated heterocycles. The molecule has 0 aliphatic carbocycles. The number of carbonyl (C=O) groups excluding carboxylic acids is 1. The monoisotopic (exact) mass is 243 g/mol. The minimum absolute atomic E-state index is 0.127. The van der Waals surface area contributed by atoms with Gasteiger partial charge in [-0.2, -0.15) is 0 Å². The first-order valence-corrected chi connectivity index (χ1v) is 5.42. The predicted molar refractivity (Wildman–Crippen MR) is 60.5 cm³/mol. The lowest BCUT2D eigenvalue weighted by Gasteiger charge is -2.20. The number of aromatic nitrogens is 2. The maximum absolute atomic E-state index is 12.0. The van der Waals surface area contributed by atoms with Gasteiger partial charge in [0, 0.05) is 38.5 Å². The fourth-order valence-corrected chi connectivity index (χ4v) is 1.41. The topological polar surface area (TPSA) is 55.3 Å². The van der Waals surface area contributed by atoms with Crippen molar-refractivity contribution < 1.29 is 9.53 Å². The van der Waals surface area contributed by atoms with Gasteiger partial charge in [0.15, 0.2) is 0 Å². The first-order valence-electron chi connectivity index (χ1n) is 4.88. The van der Waals surface area contributed by atoms with Crippen LogP contribution in [0.25, 0.3) is 0 Å². The summed E-state index contributed by atoms with van der Waals surface area (Å²) in [6.07, 6.45) is 4.37. The molecular weight excluding hydrogens is 230 g/mol. The lowest BCUT2D eigenvalue weighted by atomic mass is 10.3. The van der Waals surface area contributed by atoms with Gasteiger partial charge >= 0.3 is 0 Å². The molecule has 1 heterocycles. The normalized spacial score (nSPS) is 10.1. The molecule has 0 unspecified atom stereocenters. The van der Waals surface area contributed by atoms with Gasteiger partial charge < -0.3 is 9.64 Å². The van der Waals surface area contributed by atoms with Crippen molar-refractivity contribution in [3.63, 3.8) is 0 Å². The maximum atomic E-state index is 12.0. The number of halogens is 1. The van der Waals surface area contributed by atoms with Crippen LogP contribution in [0.5, 0.6) is 0 Å². The van der Waals surface area contributed by atoms with Crippen LogP contribution in [0.2, 0.25) is 0 Å². The van der Waals surface area contributed by atoms with Crippen LogP contribution in [0.4, 0.5) is 0 Å². The van der Waals surface area contributed by atoms with Crippen molar-refractivity contribution in [3.8, 4) is 0 Å². The standard InChI is InChI=1S/C10H14ClN3O2/c1-16-5-4-14(3-2-11)10(15)9-6-12-8-13-7-9/h6-8H,2-5H2,1H3. The number of nitrogens with zero attached hydrogens (tertiary/aromatic N) is 3. The molecular formula is C10H14ClN3O2. The van der Waals surface area contributed by atoms with Crippen molar-refractivity contribution in [1.82, 2.24) is 14.9 Å². The number of alkyl halides is 1. The second-order valence-electron chi connectivity index (χ2n) is 3.10. The molecule has 0 spiro atoms. The molecule has 88 valence electrons. The molecule has 5 nitrogen and oxygen atoms in total. The third-order valence-electron chi connectivity index (χ3n) is 2.01. The zero-order chi connectivity index (χ0) is 11.8. The Morgan fingerprint density at radius 3 is 2.69 bits per heavy atom. The van der Waals surface area contributed by atoms with E-state index in [-0.39, 0.29) is 5.91 Å². The van der Waals surface area contributed by atoms with E-state index in [4.69, 9.17) is 16.3 Å². The Bertz CT molecular complexity index is 321. The molecule has 0 aliphatic heterocycles. The number of ether oxygens (including phenoxy) is 1. The van der Waals surface area contributed by atoms with Crippen LogP contribution in [-0.2, 0) is 4.74 Å². The summed E-state index contributed by atoms with van der Waals surface area (Å²) in [5, 5.41) is 0. The molecule has 1 aromatic heterocycles. The first-order chi connectivity index (χ1) is 7.79. The van der Waals surface area contributed by atoms with E-state index in [1.807, 2.05) is 0 Å². The Balaban J connectivity index is 2.67. The summed E-state index contributed by atoms with van der Waals surface area (Å²) in [4.78, 5) is 21.2. The van der Waals surface area contributed by atoms with Gasteiger partial charge in [-0.25, -0.2) is 9.97 Å². The fourth-order valence-electron chi connectivity index (χ4n) is 1.21. The van der Waals surface area contributed by atoms with E-state index in [2.05, 4.69) is 9.97 Å². The van der Waals surface area contributed by atoms with Gasteiger partial charge in [-0.15, -0.1) is 11.6 Å². The van der Waals surface area contributed by atoms with Gasteiger partial charge in [0.25, 0.3) is 5.91 Å². The molecule has 0 N–H and O–H groups in total. The van der Waals surface area contributed by atoms with Crippen molar-refractivity contribution >= 4 is 17.5 Å². The van der Waals surface area contributed by atoms with E-state index in [1.54, 1.807) is 12.0 Å². The minimum atomic E-state index is -0.127. The van der Waals surface area contributed by atoms with Gasteiger partial charge in [0.05, 0.1) is 12.2 Å². The molecule has 1 amide bonds. The van der Waals surface area contributed by atoms with E-state index < -0.39 is 0 Å². The zero-order valence-electron chi connectivity index (χ0n) is 9.10. The Kier molecular flexibility index (Phi) is 5.74. The number of rotatable bonds is 6. The van der Waals surface area contributed by atoms with Crippen LogP contribution in [0.3, 0.4) is 0 Å². The van der Waals surface area contributed by atoms with Crippen molar-refractivity contribution in [1.29, 1.82) is 0 Å². The Labute approximate surface area is 99.4 Å². The van der Waals surface area contributed by atoms with E-state index in [0.717, 1.165) is 0 Å². The maximum Gasteiger partial charge on any atom is 0.257 e. The summed E-state index contributed by atoms with van der Waals surface area (Å²) in [5.41, 5.74) is 0.462. The van der Waals surface area contributed by atoms with E-state index in [1.165, 1.54) is 18.7 Å². The van der Waals surface area contributed by atoms with Crippen LogP contribution in [0, 0.1) is 0 Å². The second-order valence-corrected chi connectivity index (χ2v) is 3.48. The molecule has 1 rings (SSSR count). The predicted octanol–water partition coefficient (Wildman–Crippen LogP) is 0.804. The Morgan fingerprint density at radius 1 is 1.44 bits per heavy atom. The molecule has 0 bridgehead atoms. The minimum Gasteiger partial charge on any atom is -0.383 e. The molecule has 1 aromatic rings. The number of methoxy groups -OCH3 is 1. The third-order valence-corrected chi connectivity index (χ3v) is 2.18. The summed E-state index contributed by atoms with van der Waals surface area (Å²) in [5.74, 6) is 0.265. The van der Waals surface area contributed by atoms with Crippen molar-refractivity contribution in [2.45, 2.75) is 0 Å². The van der Waals surface area contributed by atoms with Gasteiger partial charge in [-0.05, 0) is 0 Å². The summed E-state index contributed by atoms with van der Waals surface area (Å²) >= 11 is 5.64. The average Bonchev–Trinajstić information content (AvgIpc) is 2.35. The van der Waals surface area contributed by atoms with Crippen molar-refractivity contribution in [2.75, 3.05) is 32.7 Å². The average molecular weight is 244 g/mol. The van der Waals surface area contributed by atoms with Gasteiger partial charge in [0.1, 0.15) is 6.33 Å². The zero-order valence-corrected chi connectivity index (χ0v) is 9.85. The summed E-state index contributed by atoms with van der Waals surface area (Å²) in [6.45, 7) is 1.48. The van der Waals surface area contributed by atoms with E-state index in [9.17, 15) is 4.79 Å². The largest absolute Gasteiger partial charge is 0.383 e. The highest BCUT2D eigenvalue weighted by atomic mass is 35.5. The Hall–Kier alpha value is -1.20. The van der Waals surface area contributed by atoms with E-state index >= 15 is 0 Å². The molecule has 6 heteroatoms. The van der Waals surface area contributed by atoms with E-state index in [0.29, 0.717) is 31.1 Å². The lowest BCUT2D eigenvalue weighted by molar-refractivity contribution is 0.0707. The summed E-state index contributed by atoms with van der Waals surface area (Å²) in [6, 6.07) is 0. The fraction of sp³-hybridized carbons (Fsp3) is 0.500. The van der Waals surface area contributed by atoms with Gasteiger partial charge in [0.2, 0.25) is 0 Å². The molecule has 0 atom stereocenters. The summed E-state index contributed by atoms with van der Waals surface area (Å²) < 4.78 is 4.94. The van der Waals surface area contributed by atoms with Crippen LogP contribution in [0.1, 0.15) is 10.4 Å². The highest BCUT2D eigenvalue weighted by Crippen LogP contribution is 2.02. The van der Waals surface area contributed by atoms with Crippen molar-refractivity contribution in [2.24, 2.45) is 0 Å². The molecule has 0 fully saturated rings. The quantitative estimate of drug-likeness (QED) is 0.694. The second kappa shape index (κ2) is 7.14. The SMILES string of the molecule is COCCN(CCCl)C(=O)c1cncnc1. The molecule has 0 radical (unpaired) electrons. The van der Waals surface area contributed by atoms with Gasteiger partial charge in [-0.1, -0.05) is 0 Å². The van der Waals surface area contributed by atoms with Crippen LogP contribution < -0.4 is 0 Å². The highest BCUT2D eigenvalue weighted by Gasteiger charge is 2.15. The third kappa shape index (κ3) is 3.75. The molecule has 0 aromatic carbocycles. The lowest BCUT2D eigenvalue weighted by Crippen LogP contribution is -2.35.